The minimum Gasteiger partial charge on any atom is -0.468 e. The van der Waals surface area contributed by atoms with Gasteiger partial charge >= 0.3 is 5.97 Å². The monoisotopic (exact) mass is 246 g/mol. The Morgan fingerprint density at radius 2 is 1.93 bits per heavy atom. The van der Waals surface area contributed by atoms with E-state index in [0.717, 1.165) is 0 Å². The molecule has 0 saturated heterocycles. The standard InChI is InChI=1S/C11H12Cl2O2/c1-11(2,10(14)15-3)8-5-4-7(12)6-9(8)13/h4-6H,1-3H3. The molecule has 0 aromatic heterocycles. The van der Waals surface area contributed by atoms with Gasteiger partial charge in [-0.3, -0.25) is 4.79 Å². The van der Waals surface area contributed by atoms with Crippen LogP contribution in [0.25, 0.3) is 0 Å². The molecule has 0 bridgehead atoms. The Balaban J connectivity index is 3.21. The lowest BCUT2D eigenvalue weighted by Gasteiger charge is -2.23. The maximum atomic E-state index is 11.6. The molecule has 0 aliphatic heterocycles. The quantitative estimate of drug-likeness (QED) is 0.748. The van der Waals surface area contributed by atoms with Crippen LogP contribution in [-0.4, -0.2) is 13.1 Å². The lowest BCUT2D eigenvalue weighted by atomic mass is 9.85. The van der Waals surface area contributed by atoms with Crippen molar-refractivity contribution in [3.63, 3.8) is 0 Å². The SMILES string of the molecule is COC(=O)C(C)(C)c1ccc(Cl)cc1Cl. The van der Waals surface area contributed by atoms with Crippen molar-refractivity contribution in [2.24, 2.45) is 0 Å². The maximum Gasteiger partial charge on any atom is 0.315 e. The number of hydrogen-bond donors (Lipinski definition) is 0. The van der Waals surface area contributed by atoms with Gasteiger partial charge in [-0.2, -0.15) is 0 Å². The molecule has 4 heteroatoms. The Hall–Kier alpha value is -0.730. The number of ether oxygens (including phenoxy) is 1. The Morgan fingerprint density at radius 3 is 2.40 bits per heavy atom. The molecule has 0 fully saturated rings. The molecule has 0 aliphatic rings. The number of hydrogen-bond acceptors (Lipinski definition) is 2. The number of benzene rings is 1. The molecule has 82 valence electrons. The number of halogens is 2. The van der Waals surface area contributed by atoms with Crippen molar-refractivity contribution in [2.75, 3.05) is 7.11 Å². The van der Waals surface area contributed by atoms with Gasteiger partial charge in [0.2, 0.25) is 0 Å². The van der Waals surface area contributed by atoms with Crippen molar-refractivity contribution in [3.05, 3.63) is 33.8 Å². The first kappa shape index (κ1) is 12.3. The van der Waals surface area contributed by atoms with Gasteiger partial charge in [0, 0.05) is 10.0 Å². The zero-order valence-corrected chi connectivity index (χ0v) is 10.3. The van der Waals surface area contributed by atoms with Crippen molar-refractivity contribution >= 4 is 29.2 Å². The van der Waals surface area contributed by atoms with Crippen LogP contribution >= 0.6 is 23.2 Å². The first-order valence-corrected chi connectivity index (χ1v) is 5.19. The van der Waals surface area contributed by atoms with E-state index >= 15 is 0 Å². The predicted molar refractivity (Wildman–Crippen MR) is 61.5 cm³/mol. The van der Waals surface area contributed by atoms with Crippen LogP contribution in [-0.2, 0) is 14.9 Å². The first-order chi connectivity index (χ1) is 6.89. The highest BCUT2D eigenvalue weighted by atomic mass is 35.5. The van der Waals surface area contributed by atoms with E-state index in [2.05, 4.69) is 0 Å². The zero-order valence-electron chi connectivity index (χ0n) is 8.80. The summed E-state index contributed by atoms with van der Waals surface area (Å²) in [6, 6.07) is 5.05. The van der Waals surface area contributed by atoms with Gasteiger partial charge in [0.05, 0.1) is 12.5 Å². The average molecular weight is 247 g/mol. The summed E-state index contributed by atoms with van der Waals surface area (Å²) in [5, 5.41) is 1.02. The zero-order chi connectivity index (χ0) is 11.6. The lowest BCUT2D eigenvalue weighted by Crippen LogP contribution is -2.30. The number of esters is 1. The van der Waals surface area contributed by atoms with Gasteiger partial charge < -0.3 is 4.74 Å². The molecule has 0 radical (unpaired) electrons. The van der Waals surface area contributed by atoms with Gasteiger partial charge in [0.15, 0.2) is 0 Å². The molecule has 0 atom stereocenters. The molecule has 15 heavy (non-hydrogen) atoms. The van der Waals surface area contributed by atoms with Crippen LogP contribution in [0.2, 0.25) is 10.0 Å². The van der Waals surface area contributed by atoms with Gasteiger partial charge in [-0.25, -0.2) is 0 Å². The summed E-state index contributed by atoms with van der Waals surface area (Å²) in [6.07, 6.45) is 0. The minimum absolute atomic E-state index is 0.327. The van der Waals surface area contributed by atoms with Gasteiger partial charge in [-0.05, 0) is 31.5 Å². The predicted octanol–water partition coefficient (Wildman–Crippen LogP) is 3.44. The molecular weight excluding hydrogens is 235 g/mol. The van der Waals surface area contributed by atoms with Crippen LogP contribution in [0.4, 0.5) is 0 Å². The van der Waals surface area contributed by atoms with Crippen molar-refractivity contribution < 1.29 is 9.53 Å². The normalized spacial score (nSPS) is 11.3. The largest absolute Gasteiger partial charge is 0.468 e. The molecule has 1 aromatic carbocycles. The summed E-state index contributed by atoms with van der Waals surface area (Å²) < 4.78 is 4.72. The smallest absolute Gasteiger partial charge is 0.315 e. The summed E-state index contributed by atoms with van der Waals surface area (Å²) in [6.45, 7) is 3.52. The third kappa shape index (κ3) is 2.44. The molecule has 0 N–H and O–H groups in total. The summed E-state index contributed by atoms with van der Waals surface area (Å²) in [7, 11) is 1.36. The van der Waals surface area contributed by atoms with Crippen LogP contribution in [0.1, 0.15) is 19.4 Å². The highest BCUT2D eigenvalue weighted by Gasteiger charge is 2.32. The molecule has 0 aliphatic carbocycles. The lowest BCUT2D eigenvalue weighted by molar-refractivity contribution is -0.146. The fraction of sp³-hybridized carbons (Fsp3) is 0.364. The summed E-state index contributed by atoms with van der Waals surface area (Å²) in [5.41, 5.74) is -0.0587. The fourth-order valence-corrected chi connectivity index (χ4v) is 2.01. The van der Waals surface area contributed by atoms with Crippen molar-refractivity contribution in [1.82, 2.24) is 0 Å². The maximum absolute atomic E-state index is 11.6. The van der Waals surface area contributed by atoms with E-state index in [9.17, 15) is 4.79 Å². The molecule has 0 heterocycles. The van der Waals surface area contributed by atoms with E-state index in [1.165, 1.54) is 7.11 Å². The molecule has 2 nitrogen and oxygen atoms in total. The second kappa shape index (κ2) is 4.42. The number of carbonyl (C=O) groups excluding carboxylic acids is 1. The molecule has 0 saturated carbocycles. The van der Waals surface area contributed by atoms with Crippen molar-refractivity contribution in [3.8, 4) is 0 Å². The Bertz CT molecular complexity index is 386. The van der Waals surface area contributed by atoms with Gasteiger partial charge in [-0.15, -0.1) is 0 Å². The first-order valence-electron chi connectivity index (χ1n) is 4.43. The van der Waals surface area contributed by atoms with E-state index in [1.807, 2.05) is 0 Å². The molecule has 0 amide bonds. The van der Waals surface area contributed by atoms with Crippen LogP contribution in [0, 0.1) is 0 Å². The van der Waals surface area contributed by atoms with Crippen LogP contribution in [0.15, 0.2) is 18.2 Å². The van der Waals surface area contributed by atoms with Crippen LogP contribution < -0.4 is 0 Å². The molecule has 0 unspecified atom stereocenters. The second-order valence-corrected chi connectivity index (χ2v) is 4.58. The van der Waals surface area contributed by atoms with Gasteiger partial charge in [0.1, 0.15) is 0 Å². The van der Waals surface area contributed by atoms with Gasteiger partial charge in [-0.1, -0.05) is 29.3 Å². The van der Waals surface area contributed by atoms with E-state index in [-0.39, 0.29) is 5.97 Å². The van der Waals surface area contributed by atoms with Gasteiger partial charge in [0.25, 0.3) is 0 Å². The molecular formula is C11H12Cl2O2. The molecule has 1 rings (SSSR count). The summed E-state index contributed by atoms with van der Waals surface area (Å²) in [4.78, 5) is 11.6. The van der Waals surface area contributed by atoms with E-state index in [1.54, 1.807) is 32.0 Å². The topological polar surface area (TPSA) is 26.3 Å². The molecule has 1 aromatic rings. The highest BCUT2D eigenvalue weighted by Crippen LogP contribution is 2.32. The van der Waals surface area contributed by atoms with Crippen LogP contribution in [0.5, 0.6) is 0 Å². The number of methoxy groups -OCH3 is 1. The van der Waals surface area contributed by atoms with Crippen molar-refractivity contribution in [1.29, 1.82) is 0 Å². The minimum atomic E-state index is -0.767. The number of rotatable bonds is 2. The Morgan fingerprint density at radius 1 is 1.33 bits per heavy atom. The highest BCUT2D eigenvalue weighted by molar-refractivity contribution is 6.35. The summed E-state index contributed by atoms with van der Waals surface area (Å²) >= 11 is 11.8. The van der Waals surface area contributed by atoms with Crippen molar-refractivity contribution in [2.45, 2.75) is 19.3 Å². The van der Waals surface area contributed by atoms with Crippen LogP contribution in [0.3, 0.4) is 0 Å². The average Bonchev–Trinajstić information content (AvgIpc) is 2.15. The fourth-order valence-electron chi connectivity index (χ4n) is 1.36. The van der Waals surface area contributed by atoms with E-state index in [4.69, 9.17) is 27.9 Å². The van der Waals surface area contributed by atoms with E-state index in [0.29, 0.717) is 15.6 Å². The number of carbonyl (C=O) groups is 1. The van der Waals surface area contributed by atoms with E-state index < -0.39 is 5.41 Å². The molecule has 0 spiro atoms. The Kier molecular flexibility index (Phi) is 3.63. The second-order valence-electron chi connectivity index (χ2n) is 3.74. The summed E-state index contributed by atoms with van der Waals surface area (Å²) in [5.74, 6) is -0.327. The Labute approximate surface area is 99.1 Å². The third-order valence-electron chi connectivity index (χ3n) is 2.30. The third-order valence-corrected chi connectivity index (χ3v) is 2.85.